The average Bonchev–Trinajstić information content (AvgIpc) is 3.02. The van der Waals surface area contributed by atoms with Crippen molar-refractivity contribution in [3.8, 4) is 11.5 Å². The molecule has 0 saturated heterocycles. The highest BCUT2D eigenvalue weighted by Gasteiger charge is 2.18. The zero-order chi connectivity index (χ0) is 15.5. The van der Waals surface area contributed by atoms with E-state index in [1.807, 2.05) is 55.5 Å². The molecule has 22 heavy (non-hydrogen) atoms. The van der Waals surface area contributed by atoms with Crippen molar-refractivity contribution >= 4 is 35.0 Å². The fraction of sp³-hybridized carbons (Fsp3) is 0.125. The second kappa shape index (κ2) is 6.73. The Kier molecular flexibility index (Phi) is 4.71. The van der Waals surface area contributed by atoms with Gasteiger partial charge in [-0.15, -0.1) is 22.0 Å². The van der Waals surface area contributed by atoms with Crippen molar-refractivity contribution in [3.05, 3.63) is 64.5 Å². The van der Waals surface area contributed by atoms with Gasteiger partial charge < -0.3 is 4.42 Å². The highest BCUT2D eigenvalue weighted by molar-refractivity contribution is 7.99. The van der Waals surface area contributed by atoms with Crippen LogP contribution in [0.2, 0.25) is 10.0 Å². The van der Waals surface area contributed by atoms with Gasteiger partial charge >= 0.3 is 0 Å². The van der Waals surface area contributed by atoms with Crippen LogP contribution in [0, 0.1) is 0 Å². The molecular formula is C16H12Cl2N2OS. The lowest BCUT2D eigenvalue weighted by Gasteiger charge is -2.09. The van der Waals surface area contributed by atoms with Crippen molar-refractivity contribution < 1.29 is 4.42 Å². The smallest absolute Gasteiger partial charge is 0.247 e. The van der Waals surface area contributed by atoms with Gasteiger partial charge in [-0.1, -0.05) is 47.5 Å². The summed E-state index contributed by atoms with van der Waals surface area (Å²) in [5, 5.41) is 9.40. The molecule has 0 unspecified atom stereocenters. The highest BCUT2D eigenvalue weighted by Crippen LogP contribution is 2.42. The average molecular weight is 351 g/mol. The Labute approximate surface area is 142 Å². The number of nitrogens with zero attached hydrogens (tertiary/aromatic N) is 2. The fourth-order valence-electron chi connectivity index (χ4n) is 1.92. The van der Waals surface area contributed by atoms with Crippen LogP contribution in [0.3, 0.4) is 0 Å². The van der Waals surface area contributed by atoms with Crippen molar-refractivity contribution in [2.24, 2.45) is 0 Å². The lowest BCUT2D eigenvalue weighted by atomic mass is 10.2. The molecule has 0 N–H and O–H groups in total. The van der Waals surface area contributed by atoms with Gasteiger partial charge in [-0.2, -0.15) is 0 Å². The Morgan fingerprint density at radius 2 is 1.64 bits per heavy atom. The zero-order valence-electron chi connectivity index (χ0n) is 11.7. The molecule has 0 radical (unpaired) electrons. The summed E-state index contributed by atoms with van der Waals surface area (Å²) in [7, 11) is 0. The number of halogens is 2. The number of thioether (sulfide) groups is 1. The minimum absolute atomic E-state index is 0.0534. The first kappa shape index (κ1) is 15.4. The van der Waals surface area contributed by atoms with Crippen LogP contribution >= 0.6 is 35.0 Å². The topological polar surface area (TPSA) is 38.9 Å². The van der Waals surface area contributed by atoms with E-state index in [9.17, 15) is 0 Å². The number of benzene rings is 2. The van der Waals surface area contributed by atoms with Gasteiger partial charge in [0.2, 0.25) is 11.8 Å². The Hall–Kier alpha value is -1.49. The molecule has 1 aromatic heterocycles. The molecule has 0 amide bonds. The molecule has 112 valence electrons. The summed E-state index contributed by atoms with van der Waals surface area (Å²) in [5.41, 5.74) is 0.897. The molecule has 3 nitrogen and oxygen atoms in total. The maximum absolute atomic E-state index is 6.19. The quantitative estimate of drug-likeness (QED) is 0.549. The molecule has 3 rings (SSSR count). The molecule has 0 aliphatic carbocycles. The lowest BCUT2D eigenvalue weighted by Crippen LogP contribution is -1.89. The fourth-order valence-corrected chi connectivity index (χ4v) is 3.49. The molecule has 0 fully saturated rings. The van der Waals surface area contributed by atoms with Crippen LogP contribution < -0.4 is 0 Å². The van der Waals surface area contributed by atoms with Gasteiger partial charge in [-0.25, -0.2) is 0 Å². The first-order valence-corrected chi connectivity index (χ1v) is 8.28. The molecular weight excluding hydrogens is 339 g/mol. The van der Waals surface area contributed by atoms with Crippen molar-refractivity contribution in [2.45, 2.75) is 17.1 Å². The van der Waals surface area contributed by atoms with Crippen LogP contribution in [0.25, 0.3) is 11.5 Å². The van der Waals surface area contributed by atoms with E-state index < -0.39 is 0 Å². The predicted octanol–water partition coefficient (Wildman–Crippen LogP) is 5.90. The van der Waals surface area contributed by atoms with Crippen LogP contribution in [0.5, 0.6) is 0 Å². The van der Waals surface area contributed by atoms with E-state index in [-0.39, 0.29) is 5.25 Å². The first-order valence-electron chi connectivity index (χ1n) is 6.64. The van der Waals surface area contributed by atoms with Crippen molar-refractivity contribution in [2.75, 3.05) is 0 Å². The minimum Gasteiger partial charge on any atom is -0.419 e. The third-order valence-electron chi connectivity index (χ3n) is 3.02. The van der Waals surface area contributed by atoms with E-state index in [4.69, 9.17) is 27.6 Å². The van der Waals surface area contributed by atoms with Gasteiger partial charge in [0.1, 0.15) is 0 Å². The highest BCUT2D eigenvalue weighted by atomic mass is 35.5. The summed E-state index contributed by atoms with van der Waals surface area (Å²) in [6, 6.07) is 15.1. The van der Waals surface area contributed by atoms with Crippen LogP contribution in [-0.2, 0) is 0 Å². The van der Waals surface area contributed by atoms with Crippen LogP contribution in [0.15, 0.2) is 57.8 Å². The van der Waals surface area contributed by atoms with Crippen LogP contribution in [-0.4, -0.2) is 10.2 Å². The van der Waals surface area contributed by atoms with Gasteiger partial charge in [0.15, 0.2) is 0 Å². The molecule has 3 aromatic rings. The molecule has 2 aromatic carbocycles. The maximum Gasteiger partial charge on any atom is 0.247 e. The number of aromatic nitrogens is 2. The Bertz CT molecular complexity index is 757. The Morgan fingerprint density at radius 3 is 2.32 bits per heavy atom. The maximum atomic E-state index is 6.19. The molecule has 0 aliphatic rings. The standard InChI is InChI=1S/C16H12Cl2N2OS/c1-10(22-14-12(17)8-5-9-13(14)18)15-19-20-16(21-15)11-6-3-2-4-7-11/h2-10H,1H3/t10-/m1/s1. The number of hydrogen-bond acceptors (Lipinski definition) is 4. The number of hydrogen-bond donors (Lipinski definition) is 0. The van der Waals surface area contributed by atoms with Crippen LogP contribution in [0.1, 0.15) is 18.1 Å². The largest absolute Gasteiger partial charge is 0.419 e. The second-order valence-corrected chi connectivity index (χ2v) is 6.79. The van der Waals surface area contributed by atoms with E-state index in [0.717, 1.165) is 10.5 Å². The molecule has 0 saturated carbocycles. The summed E-state index contributed by atoms with van der Waals surface area (Å²) in [5.74, 6) is 1.05. The second-order valence-electron chi connectivity index (χ2n) is 4.62. The van der Waals surface area contributed by atoms with Gasteiger partial charge in [0.05, 0.1) is 15.3 Å². The monoisotopic (exact) mass is 350 g/mol. The van der Waals surface area contributed by atoms with Crippen molar-refractivity contribution in [3.63, 3.8) is 0 Å². The normalized spacial score (nSPS) is 12.3. The minimum atomic E-state index is -0.0534. The summed E-state index contributed by atoms with van der Waals surface area (Å²) in [4.78, 5) is 0.817. The van der Waals surface area contributed by atoms with Gasteiger partial charge in [-0.05, 0) is 31.2 Å². The third kappa shape index (κ3) is 3.29. The summed E-state index contributed by atoms with van der Waals surface area (Å²) in [6.45, 7) is 1.98. The third-order valence-corrected chi connectivity index (χ3v) is 5.11. The first-order chi connectivity index (χ1) is 10.6. The van der Waals surface area contributed by atoms with Gasteiger partial charge in [-0.3, -0.25) is 0 Å². The molecule has 6 heteroatoms. The molecule has 0 spiro atoms. The zero-order valence-corrected chi connectivity index (χ0v) is 14.0. The summed E-state index contributed by atoms with van der Waals surface area (Å²) >= 11 is 13.9. The van der Waals surface area contributed by atoms with Crippen LogP contribution in [0.4, 0.5) is 0 Å². The van der Waals surface area contributed by atoms with E-state index in [0.29, 0.717) is 21.8 Å². The van der Waals surface area contributed by atoms with Gasteiger partial charge in [0, 0.05) is 10.5 Å². The molecule has 1 heterocycles. The SMILES string of the molecule is C[C@@H](Sc1c(Cl)cccc1Cl)c1nnc(-c2ccccc2)o1. The van der Waals surface area contributed by atoms with E-state index >= 15 is 0 Å². The Balaban J connectivity index is 1.82. The molecule has 0 aliphatic heterocycles. The van der Waals surface area contributed by atoms with Crippen molar-refractivity contribution in [1.29, 1.82) is 0 Å². The van der Waals surface area contributed by atoms with E-state index in [1.54, 1.807) is 0 Å². The lowest BCUT2D eigenvalue weighted by molar-refractivity contribution is 0.509. The van der Waals surface area contributed by atoms with E-state index in [2.05, 4.69) is 10.2 Å². The summed E-state index contributed by atoms with van der Waals surface area (Å²) in [6.07, 6.45) is 0. The van der Waals surface area contributed by atoms with E-state index in [1.165, 1.54) is 11.8 Å². The number of rotatable bonds is 4. The van der Waals surface area contributed by atoms with Crippen molar-refractivity contribution in [1.82, 2.24) is 10.2 Å². The molecule has 0 bridgehead atoms. The molecule has 1 atom stereocenters. The summed E-state index contributed by atoms with van der Waals surface area (Å²) < 4.78 is 5.75. The Morgan fingerprint density at radius 1 is 0.955 bits per heavy atom. The predicted molar refractivity (Wildman–Crippen MR) is 90.5 cm³/mol. The van der Waals surface area contributed by atoms with Gasteiger partial charge in [0.25, 0.3) is 0 Å².